The van der Waals surface area contributed by atoms with Crippen molar-refractivity contribution in [3.63, 3.8) is 0 Å². The Balaban J connectivity index is 1.06. The van der Waals surface area contributed by atoms with Crippen LogP contribution in [0.1, 0.15) is 44.5 Å². The van der Waals surface area contributed by atoms with Crippen molar-refractivity contribution < 1.29 is 40.1 Å². The highest BCUT2D eigenvalue weighted by Gasteiger charge is 2.22. The van der Waals surface area contributed by atoms with Crippen molar-refractivity contribution in [1.29, 1.82) is 0 Å². The van der Waals surface area contributed by atoms with Crippen LogP contribution in [0.15, 0.2) is 146 Å². The lowest BCUT2D eigenvalue weighted by molar-refractivity contribution is 0.410. The molecular formula is C56H46O8. The molecule has 318 valence electrons. The van der Waals surface area contributed by atoms with Crippen LogP contribution in [-0.4, -0.2) is 30.6 Å². The van der Waals surface area contributed by atoms with Crippen molar-refractivity contribution in [1.82, 2.24) is 0 Å². The Morgan fingerprint density at radius 1 is 0.250 bits per heavy atom. The lowest BCUT2D eigenvalue weighted by atomic mass is 9.87. The van der Waals surface area contributed by atoms with E-state index in [2.05, 4.69) is 0 Å². The van der Waals surface area contributed by atoms with E-state index in [1.165, 1.54) is 0 Å². The van der Waals surface area contributed by atoms with Crippen molar-refractivity contribution >= 4 is 0 Å². The molecule has 8 aliphatic rings. The van der Waals surface area contributed by atoms with Gasteiger partial charge >= 0.3 is 0 Å². The fourth-order valence-corrected chi connectivity index (χ4v) is 8.96. The van der Waals surface area contributed by atoms with Gasteiger partial charge in [0.15, 0.2) is 23.0 Å². The van der Waals surface area contributed by atoms with E-state index in [9.17, 15) is 30.6 Å². The summed E-state index contributed by atoms with van der Waals surface area (Å²) >= 11 is 0. The average Bonchev–Trinajstić information content (AvgIpc) is 3.29. The van der Waals surface area contributed by atoms with Crippen LogP contribution in [0.25, 0.3) is 33.4 Å². The Labute approximate surface area is 371 Å². The van der Waals surface area contributed by atoms with E-state index in [0.717, 1.165) is 55.6 Å². The van der Waals surface area contributed by atoms with Gasteiger partial charge in [0.05, 0.1) is 0 Å². The molecule has 8 aromatic rings. The van der Waals surface area contributed by atoms with Crippen molar-refractivity contribution in [2.24, 2.45) is 0 Å². The van der Waals surface area contributed by atoms with Crippen LogP contribution in [0.3, 0.4) is 0 Å². The molecule has 0 amide bonds. The number of phenols is 6. The largest absolute Gasteiger partial charge is 0.507 e. The summed E-state index contributed by atoms with van der Waals surface area (Å²) in [5.74, 6) is 2.21. The zero-order chi connectivity index (χ0) is 43.9. The van der Waals surface area contributed by atoms with E-state index < -0.39 is 0 Å². The molecule has 0 fully saturated rings. The number of aromatic hydroxyl groups is 6. The van der Waals surface area contributed by atoms with Crippen molar-refractivity contribution in [3.05, 3.63) is 190 Å². The number of benzene rings is 8. The molecule has 0 aromatic heterocycles. The standard InChI is InChI=1S/C56H46O8/c57-49-23-13-37-3-1-35-11-21-43(51(59)25-35)45-31-47(53(61)29-39(45)15-5-33-7-17-41(18-8-33)63-55(49)27-37)48-32-46-40(30-54(48)62)16-6-34-9-19-42(20-10-34)64-56-28-38(14-24-50(56)58)4-2-36-12-22-44(46)52(60)26-36/h7-14,17-32,57-62H,1-6,15-16H2. The third-order valence-corrected chi connectivity index (χ3v) is 12.6. The van der Waals surface area contributed by atoms with Gasteiger partial charge in [-0.25, -0.2) is 0 Å². The summed E-state index contributed by atoms with van der Waals surface area (Å²) in [6.07, 6.45) is 4.89. The van der Waals surface area contributed by atoms with Gasteiger partial charge < -0.3 is 40.1 Å². The summed E-state index contributed by atoms with van der Waals surface area (Å²) in [5.41, 5.74) is 10.9. The third kappa shape index (κ3) is 8.26. The molecule has 0 aliphatic carbocycles. The molecule has 0 unspecified atom stereocenters. The zero-order valence-electron chi connectivity index (χ0n) is 35.0. The summed E-state index contributed by atoms with van der Waals surface area (Å²) < 4.78 is 12.2. The Hall–Kier alpha value is -7.84. The monoisotopic (exact) mass is 846 g/mol. The topological polar surface area (TPSA) is 140 Å². The van der Waals surface area contributed by atoms with Gasteiger partial charge in [-0.3, -0.25) is 0 Å². The van der Waals surface area contributed by atoms with Gasteiger partial charge in [0, 0.05) is 22.3 Å². The van der Waals surface area contributed by atoms with E-state index >= 15 is 0 Å². The molecule has 8 heterocycles. The number of hydrogen-bond donors (Lipinski definition) is 6. The maximum absolute atomic E-state index is 11.9. The fraction of sp³-hybridized carbons (Fsp3) is 0.143. The van der Waals surface area contributed by atoms with E-state index in [-0.39, 0.29) is 34.5 Å². The Bertz CT molecular complexity index is 2850. The van der Waals surface area contributed by atoms with Crippen LogP contribution in [0.5, 0.6) is 57.5 Å². The molecule has 8 aliphatic heterocycles. The highest BCUT2D eigenvalue weighted by atomic mass is 16.5. The summed E-state index contributed by atoms with van der Waals surface area (Å²) in [6, 6.07) is 44.6. The lowest BCUT2D eigenvalue weighted by Gasteiger charge is -2.19. The normalized spacial score (nSPS) is 13.4. The maximum atomic E-state index is 11.9. The first-order valence-corrected chi connectivity index (χ1v) is 21.6. The number of hydrogen-bond acceptors (Lipinski definition) is 8. The minimum atomic E-state index is -0.0311. The Morgan fingerprint density at radius 3 is 0.969 bits per heavy atom. The SMILES string of the molecule is Oc1ccc2cc1Oc1ccc(cc1)CCc1cc(O)c(-c3cc4c(cc3O)CCc3ccc(cc3)Oc3cc(ccc3O)CCc3ccc-4c(O)c3)cc1-c1ccc(cc1O)CC2. The maximum Gasteiger partial charge on any atom is 0.169 e. The summed E-state index contributed by atoms with van der Waals surface area (Å²) in [7, 11) is 0. The number of ether oxygens (including phenoxy) is 2. The molecule has 12 bridgehead atoms. The summed E-state index contributed by atoms with van der Waals surface area (Å²) in [5, 5.41) is 68.2. The first kappa shape index (κ1) is 40.2. The number of aryl methyl sites for hydroxylation is 8. The first-order chi connectivity index (χ1) is 31.1. The molecule has 0 spiro atoms. The van der Waals surface area contributed by atoms with Crippen LogP contribution >= 0.6 is 0 Å². The third-order valence-electron chi connectivity index (χ3n) is 12.6. The van der Waals surface area contributed by atoms with Crippen LogP contribution in [0, 0.1) is 0 Å². The number of rotatable bonds is 1. The van der Waals surface area contributed by atoms with Gasteiger partial charge in [-0.2, -0.15) is 0 Å². The fourth-order valence-electron chi connectivity index (χ4n) is 8.96. The minimum Gasteiger partial charge on any atom is -0.507 e. The molecule has 8 nitrogen and oxygen atoms in total. The molecule has 8 heteroatoms. The predicted molar refractivity (Wildman–Crippen MR) is 248 cm³/mol. The molecule has 0 saturated heterocycles. The molecule has 0 atom stereocenters. The molecule has 0 saturated carbocycles. The molecule has 0 radical (unpaired) electrons. The van der Waals surface area contributed by atoms with Gasteiger partial charge in [0.1, 0.15) is 34.5 Å². The van der Waals surface area contributed by atoms with Crippen LogP contribution < -0.4 is 9.47 Å². The van der Waals surface area contributed by atoms with Crippen molar-refractivity contribution in [2.45, 2.75) is 51.4 Å². The quantitative estimate of drug-likeness (QED) is 0.0960. The van der Waals surface area contributed by atoms with E-state index in [1.807, 2.05) is 109 Å². The van der Waals surface area contributed by atoms with Gasteiger partial charge in [-0.05, 0) is 192 Å². The van der Waals surface area contributed by atoms with Crippen LogP contribution in [0.2, 0.25) is 0 Å². The second-order valence-corrected chi connectivity index (χ2v) is 16.9. The van der Waals surface area contributed by atoms with Crippen LogP contribution in [0.4, 0.5) is 0 Å². The molecule has 8 aromatic carbocycles. The van der Waals surface area contributed by atoms with Gasteiger partial charge in [0.2, 0.25) is 0 Å². The second kappa shape index (κ2) is 16.8. The highest BCUT2D eigenvalue weighted by Crippen LogP contribution is 2.46. The average molecular weight is 847 g/mol. The molecule has 16 rings (SSSR count). The van der Waals surface area contributed by atoms with Gasteiger partial charge in [0.25, 0.3) is 0 Å². The van der Waals surface area contributed by atoms with Crippen molar-refractivity contribution in [3.8, 4) is 90.9 Å². The molecule has 64 heavy (non-hydrogen) atoms. The minimum absolute atomic E-state index is 0.0311. The summed E-state index contributed by atoms with van der Waals surface area (Å²) in [4.78, 5) is 0. The van der Waals surface area contributed by atoms with E-state index in [4.69, 9.17) is 9.47 Å². The van der Waals surface area contributed by atoms with Crippen LogP contribution in [-0.2, 0) is 51.4 Å². The molecule has 6 N–H and O–H groups in total. The van der Waals surface area contributed by atoms with Gasteiger partial charge in [-0.1, -0.05) is 60.7 Å². The highest BCUT2D eigenvalue weighted by molar-refractivity contribution is 5.88. The lowest BCUT2D eigenvalue weighted by Crippen LogP contribution is -1.99. The Kier molecular flexibility index (Phi) is 10.6. The Morgan fingerprint density at radius 2 is 0.578 bits per heavy atom. The van der Waals surface area contributed by atoms with Gasteiger partial charge in [-0.15, -0.1) is 0 Å². The molecular weight excluding hydrogens is 801 g/mol. The van der Waals surface area contributed by atoms with E-state index in [1.54, 1.807) is 36.4 Å². The van der Waals surface area contributed by atoms with Crippen molar-refractivity contribution in [2.75, 3.05) is 0 Å². The zero-order valence-corrected chi connectivity index (χ0v) is 35.0. The number of phenolic OH excluding ortho intramolecular Hbond substituents is 6. The smallest absolute Gasteiger partial charge is 0.169 e. The second-order valence-electron chi connectivity index (χ2n) is 16.9. The summed E-state index contributed by atoms with van der Waals surface area (Å²) in [6.45, 7) is 0. The predicted octanol–water partition coefficient (Wildman–Crippen LogP) is 12.3. The first-order valence-electron chi connectivity index (χ1n) is 21.6. The van der Waals surface area contributed by atoms with E-state index in [0.29, 0.717) is 96.6 Å².